The molecule has 1 N–H and O–H groups in total. The first-order chi connectivity index (χ1) is 19.2. The van der Waals surface area contributed by atoms with Crippen LogP contribution in [0.1, 0.15) is 50.8 Å². The third-order valence-electron chi connectivity index (χ3n) is 7.36. The van der Waals surface area contributed by atoms with E-state index in [1.165, 1.54) is 16.0 Å². The Morgan fingerprint density at radius 1 is 0.900 bits per heavy atom. The lowest BCUT2D eigenvalue weighted by molar-refractivity contribution is 0.000263. The van der Waals surface area contributed by atoms with Crippen LogP contribution in [-0.2, 0) is 4.74 Å². The number of ether oxygens (including phenoxy) is 2. The number of nitrogens with one attached hydrogen (secondary N) is 1. The summed E-state index contributed by atoms with van der Waals surface area (Å²) in [6.07, 6.45) is 1.63. The molecule has 3 aromatic rings. The summed E-state index contributed by atoms with van der Waals surface area (Å²) in [6.45, 7) is 9.22. The van der Waals surface area contributed by atoms with Crippen LogP contribution in [0, 0.1) is 0 Å². The maximum Gasteiger partial charge on any atom is 0.407 e. The normalized spacial score (nSPS) is 18.2. The van der Waals surface area contributed by atoms with E-state index in [1.54, 1.807) is 0 Å². The molecule has 1 unspecified atom stereocenters. The number of hydrogen-bond acceptors (Lipinski definition) is 5. The second kappa shape index (κ2) is 12.6. The number of piperidine rings is 1. The molecule has 0 saturated carbocycles. The minimum Gasteiger partial charge on any atom is -0.488 e. The van der Waals surface area contributed by atoms with Gasteiger partial charge in [-0.05, 0) is 69.0 Å². The maximum absolute atomic E-state index is 12.1. The molecule has 212 valence electrons. The average Bonchev–Trinajstić information content (AvgIpc) is 2.92. The Kier molecular flexibility index (Phi) is 8.94. The van der Waals surface area contributed by atoms with Crippen molar-refractivity contribution in [3.63, 3.8) is 0 Å². The van der Waals surface area contributed by atoms with Gasteiger partial charge in [0.1, 0.15) is 17.5 Å². The van der Waals surface area contributed by atoms with Crippen molar-refractivity contribution >= 4 is 22.6 Å². The highest BCUT2D eigenvalue weighted by Gasteiger charge is 2.35. The largest absolute Gasteiger partial charge is 0.488 e. The summed E-state index contributed by atoms with van der Waals surface area (Å²) in [5.41, 5.74) is 2.14. The first-order valence-corrected chi connectivity index (χ1v) is 15.5. The Morgan fingerprint density at radius 3 is 1.98 bits per heavy atom. The van der Waals surface area contributed by atoms with Crippen LogP contribution in [0.15, 0.2) is 89.8 Å². The highest BCUT2D eigenvalue weighted by atomic mass is 32.2. The van der Waals surface area contributed by atoms with Crippen molar-refractivity contribution in [3.05, 3.63) is 96.1 Å². The third-order valence-corrected chi connectivity index (χ3v) is 9.16. The van der Waals surface area contributed by atoms with Crippen molar-refractivity contribution in [2.75, 3.05) is 26.2 Å². The van der Waals surface area contributed by atoms with Crippen molar-refractivity contribution in [1.29, 1.82) is 0 Å². The highest BCUT2D eigenvalue weighted by molar-refractivity contribution is 8.12. The predicted octanol–water partition coefficient (Wildman–Crippen LogP) is 6.50. The van der Waals surface area contributed by atoms with E-state index < -0.39 is 5.60 Å². The number of alkyl carbamates (subject to hydrolysis) is 1. The van der Waals surface area contributed by atoms with Crippen LogP contribution in [0.5, 0.6) is 5.75 Å². The zero-order valence-electron chi connectivity index (χ0n) is 23.8. The number of likely N-dealkylation sites (tertiary alicyclic amines) is 1. The van der Waals surface area contributed by atoms with E-state index >= 15 is 0 Å². The molecule has 40 heavy (non-hydrogen) atoms. The molecule has 2 aliphatic heterocycles. The summed E-state index contributed by atoms with van der Waals surface area (Å²) in [4.78, 5) is 15.8. The molecule has 2 fully saturated rings. The first-order valence-electron chi connectivity index (χ1n) is 14.1. The van der Waals surface area contributed by atoms with Gasteiger partial charge in [-0.3, -0.25) is 9.21 Å². The second-order valence-corrected chi connectivity index (χ2v) is 13.3. The SMILES string of the molecule is C=S(c1ccc(OC2CN(C(c3ccccc3)c3ccccc3)C2)cc1)N1CCC(NC(=O)OC(C)(C)C)CC1. The number of amides is 1. The van der Waals surface area contributed by atoms with Gasteiger partial charge in [-0.2, -0.15) is 0 Å². The van der Waals surface area contributed by atoms with Crippen LogP contribution < -0.4 is 10.1 Å². The number of carbonyl (C=O) groups excluding carboxylic acids is 1. The Morgan fingerprint density at radius 2 is 1.45 bits per heavy atom. The molecule has 2 aliphatic rings. The Balaban J connectivity index is 1.11. The van der Waals surface area contributed by atoms with Crippen molar-refractivity contribution in [2.45, 2.75) is 62.3 Å². The van der Waals surface area contributed by atoms with Gasteiger partial charge in [0.15, 0.2) is 0 Å². The van der Waals surface area contributed by atoms with Crippen LogP contribution in [0.3, 0.4) is 0 Å². The van der Waals surface area contributed by atoms with Gasteiger partial charge in [-0.25, -0.2) is 4.79 Å². The number of benzene rings is 3. The summed E-state index contributed by atoms with van der Waals surface area (Å²) in [5, 5.41) is 3.01. The zero-order chi connectivity index (χ0) is 28.1. The monoisotopic (exact) mass is 559 g/mol. The van der Waals surface area contributed by atoms with Crippen LogP contribution in [0.4, 0.5) is 4.79 Å². The quantitative estimate of drug-likeness (QED) is 0.319. The minimum absolute atomic E-state index is 0.143. The summed E-state index contributed by atoms with van der Waals surface area (Å²) >= 11 is 0. The van der Waals surface area contributed by atoms with Gasteiger partial charge in [0.25, 0.3) is 0 Å². The maximum atomic E-state index is 12.1. The van der Waals surface area contributed by atoms with Crippen molar-refractivity contribution < 1.29 is 14.3 Å². The second-order valence-electron chi connectivity index (χ2n) is 11.6. The summed E-state index contributed by atoms with van der Waals surface area (Å²) in [5.74, 6) is 5.37. The molecule has 5 rings (SSSR count). The van der Waals surface area contributed by atoms with E-state index in [1.807, 2.05) is 20.8 Å². The van der Waals surface area contributed by atoms with Crippen molar-refractivity contribution in [2.24, 2.45) is 0 Å². The molecule has 0 spiro atoms. The fourth-order valence-electron chi connectivity index (χ4n) is 5.35. The van der Waals surface area contributed by atoms with Gasteiger partial charge in [-0.15, -0.1) is 0 Å². The molecule has 0 bridgehead atoms. The third kappa shape index (κ3) is 7.33. The summed E-state index contributed by atoms with van der Waals surface area (Å²) in [7, 11) is -0.251. The molecule has 0 aliphatic carbocycles. The molecule has 2 saturated heterocycles. The Hall–Kier alpha value is -3.13. The Bertz CT molecular complexity index is 1220. The van der Waals surface area contributed by atoms with E-state index in [9.17, 15) is 4.79 Å². The molecule has 1 amide bonds. The number of hydrogen-bond donors (Lipinski definition) is 1. The van der Waals surface area contributed by atoms with Gasteiger partial charge in [0.05, 0.1) is 6.04 Å². The van der Waals surface area contributed by atoms with E-state index in [0.717, 1.165) is 44.8 Å². The topological polar surface area (TPSA) is 54.0 Å². The molecule has 1 atom stereocenters. The fourth-order valence-corrected chi connectivity index (χ4v) is 6.75. The predicted molar refractivity (Wildman–Crippen MR) is 164 cm³/mol. The lowest BCUT2D eigenvalue weighted by atomic mass is 9.94. The van der Waals surface area contributed by atoms with Crippen molar-refractivity contribution in [1.82, 2.24) is 14.5 Å². The molecule has 6 nitrogen and oxygen atoms in total. The fraction of sp³-hybridized carbons (Fsp3) is 0.394. The zero-order valence-corrected chi connectivity index (χ0v) is 24.6. The first kappa shape index (κ1) is 28.4. The van der Waals surface area contributed by atoms with Crippen molar-refractivity contribution in [3.8, 4) is 5.75 Å². The lowest BCUT2D eigenvalue weighted by Crippen LogP contribution is -2.55. The van der Waals surface area contributed by atoms with E-state index in [-0.39, 0.29) is 35.0 Å². The Labute approximate surface area is 241 Å². The van der Waals surface area contributed by atoms with Crippen LogP contribution in [0.25, 0.3) is 0 Å². The molecular formula is C33H41N3O3S. The molecule has 2 heterocycles. The van der Waals surface area contributed by atoms with E-state index in [4.69, 9.17) is 9.47 Å². The van der Waals surface area contributed by atoms with Gasteiger partial charge < -0.3 is 14.8 Å². The summed E-state index contributed by atoms with van der Waals surface area (Å²) < 4.78 is 14.2. The number of carbonyl (C=O) groups is 1. The van der Waals surface area contributed by atoms with E-state index in [0.29, 0.717) is 0 Å². The molecular weight excluding hydrogens is 518 g/mol. The van der Waals surface area contributed by atoms with Crippen LogP contribution in [0.2, 0.25) is 0 Å². The van der Waals surface area contributed by atoms with Crippen LogP contribution in [-0.4, -0.2) is 65.1 Å². The molecule has 3 aromatic carbocycles. The minimum atomic E-state index is -0.481. The number of nitrogens with zero attached hydrogens (tertiary/aromatic N) is 2. The lowest BCUT2D eigenvalue weighted by Gasteiger charge is -2.44. The molecule has 0 aromatic heterocycles. The van der Waals surface area contributed by atoms with Gasteiger partial charge in [0, 0.05) is 37.1 Å². The van der Waals surface area contributed by atoms with E-state index in [2.05, 4.69) is 105 Å². The molecule has 7 heteroatoms. The number of rotatable bonds is 8. The molecule has 0 radical (unpaired) electrons. The average molecular weight is 560 g/mol. The van der Waals surface area contributed by atoms with Gasteiger partial charge in [-0.1, -0.05) is 77.2 Å². The standard InChI is InChI=1S/C33H41N3O3S/c1-33(2,3)39-32(37)34-27-19-21-36(22-20-27)40(4)30-17-15-28(16-18-30)38-29-23-35(24-29)31(25-11-7-5-8-12-25)26-13-9-6-10-14-26/h5-18,27,29,31H,4,19-24H2,1-3H3,(H,34,37). The van der Waals surface area contributed by atoms with Gasteiger partial charge >= 0.3 is 6.09 Å². The summed E-state index contributed by atoms with van der Waals surface area (Å²) in [6, 6.07) is 30.2. The highest BCUT2D eigenvalue weighted by Crippen LogP contribution is 2.35. The van der Waals surface area contributed by atoms with Crippen LogP contribution >= 0.6 is 10.7 Å². The van der Waals surface area contributed by atoms with Gasteiger partial charge in [0.2, 0.25) is 0 Å². The smallest absolute Gasteiger partial charge is 0.407 e.